The van der Waals surface area contributed by atoms with Crippen molar-refractivity contribution in [2.24, 2.45) is 0 Å². The lowest BCUT2D eigenvalue weighted by atomic mass is 10.2. The van der Waals surface area contributed by atoms with Crippen LogP contribution in [0, 0.1) is 11.6 Å². The number of hydrogen-bond acceptors (Lipinski definition) is 4. The Bertz CT molecular complexity index is 825. The first kappa shape index (κ1) is 20.9. The molecule has 0 saturated carbocycles. The van der Waals surface area contributed by atoms with Gasteiger partial charge in [0, 0.05) is 24.4 Å². The maximum Gasteiger partial charge on any atom is 0.275 e. The van der Waals surface area contributed by atoms with Gasteiger partial charge in [0.1, 0.15) is 23.9 Å². The van der Waals surface area contributed by atoms with Crippen LogP contribution in [0.3, 0.4) is 0 Å². The molecule has 146 valence electrons. The number of anilines is 2. The van der Waals surface area contributed by atoms with E-state index in [2.05, 4.69) is 10.3 Å². The molecule has 1 heterocycles. The van der Waals surface area contributed by atoms with Crippen LogP contribution in [-0.2, 0) is 16.1 Å². The second-order valence-electron chi connectivity index (χ2n) is 6.60. The fourth-order valence-corrected chi connectivity index (χ4v) is 3.45. The molecule has 0 radical (unpaired) electrons. The quantitative estimate of drug-likeness (QED) is 0.747. The number of carbonyl (C=O) groups excluding carboxylic acids is 2. The Labute approximate surface area is 160 Å². The summed E-state index contributed by atoms with van der Waals surface area (Å²) in [6.07, 6.45) is 0. The summed E-state index contributed by atoms with van der Waals surface area (Å²) in [5.74, 6) is -2.05. The van der Waals surface area contributed by atoms with Crippen molar-refractivity contribution in [2.45, 2.75) is 33.4 Å². The zero-order chi connectivity index (χ0) is 20.1. The molecule has 9 heteroatoms. The van der Waals surface area contributed by atoms with Gasteiger partial charge in [0.05, 0.1) is 12.7 Å². The molecule has 6 nitrogen and oxygen atoms in total. The van der Waals surface area contributed by atoms with Crippen molar-refractivity contribution in [3.8, 4) is 0 Å². The maximum atomic E-state index is 14.1. The number of nitrogens with one attached hydrogen (secondary N) is 2. The zero-order valence-corrected chi connectivity index (χ0v) is 16.5. The van der Waals surface area contributed by atoms with Crippen LogP contribution < -0.4 is 15.1 Å². The van der Waals surface area contributed by atoms with E-state index in [9.17, 15) is 18.4 Å². The van der Waals surface area contributed by atoms with Gasteiger partial charge in [-0.15, -0.1) is 11.3 Å². The van der Waals surface area contributed by atoms with Crippen LogP contribution in [-0.4, -0.2) is 36.4 Å². The molecule has 0 saturated heterocycles. The highest BCUT2D eigenvalue weighted by Gasteiger charge is 2.22. The summed E-state index contributed by atoms with van der Waals surface area (Å²) in [6.45, 7) is 5.83. The lowest BCUT2D eigenvalue weighted by Crippen LogP contribution is -3.09. The van der Waals surface area contributed by atoms with Crippen molar-refractivity contribution in [3.63, 3.8) is 0 Å². The number of halogens is 2. The van der Waals surface area contributed by atoms with Crippen LogP contribution in [0.25, 0.3) is 0 Å². The summed E-state index contributed by atoms with van der Waals surface area (Å²) in [6, 6.07) is 3.10. The van der Waals surface area contributed by atoms with Crippen LogP contribution in [0.15, 0.2) is 23.6 Å². The highest BCUT2D eigenvalue weighted by Crippen LogP contribution is 2.31. The number of aromatic nitrogens is 1. The highest BCUT2D eigenvalue weighted by atomic mass is 32.1. The predicted octanol–water partition coefficient (Wildman–Crippen LogP) is 1.65. The second kappa shape index (κ2) is 9.01. The normalized spacial score (nSPS) is 12.1. The molecule has 1 aromatic heterocycles. The lowest BCUT2D eigenvalue weighted by molar-refractivity contribution is -0.885. The first-order valence-electron chi connectivity index (χ1n) is 8.48. The molecule has 0 bridgehead atoms. The average Bonchev–Trinajstić information content (AvgIpc) is 2.96. The molecule has 1 aromatic carbocycles. The Balaban J connectivity index is 2.14. The fraction of sp³-hybridized carbons (Fsp3) is 0.389. The number of nitrogens with zero attached hydrogens (tertiary/aromatic N) is 2. The minimum atomic E-state index is -0.838. The first-order chi connectivity index (χ1) is 12.7. The number of benzene rings is 1. The Morgan fingerprint density at radius 3 is 2.63 bits per heavy atom. The molecular formula is C18H23F2N4O2S+. The minimum absolute atomic E-state index is 0.0539. The minimum Gasteiger partial charge on any atom is -0.349 e. The monoisotopic (exact) mass is 397 g/mol. The smallest absolute Gasteiger partial charge is 0.275 e. The molecule has 2 aromatic rings. The molecule has 2 amide bonds. The van der Waals surface area contributed by atoms with Gasteiger partial charge in [-0.1, -0.05) is 0 Å². The number of likely N-dealkylation sites (N-methyl/N-ethyl adjacent to an activating group) is 1. The van der Waals surface area contributed by atoms with Crippen LogP contribution in [0.2, 0.25) is 0 Å². The van der Waals surface area contributed by atoms with E-state index in [-0.39, 0.29) is 24.2 Å². The third kappa shape index (κ3) is 5.80. The van der Waals surface area contributed by atoms with Gasteiger partial charge in [0.2, 0.25) is 5.91 Å². The Morgan fingerprint density at radius 1 is 1.33 bits per heavy atom. The second-order valence-corrected chi connectivity index (χ2v) is 7.44. The van der Waals surface area contributed by atoms with Gasteiger partial charge in [-0.2, -0.15) is 0 Å². The molecule has 1 unspecified atom stereocenters. The number of amides is 2. The standard InChI is InChI=1S/C18H22F2N4O2S/c1-11(2)21-17(26)9-23(4)8-14-10-27-18(22-14)24(12(3)25)16-6-5-13(19)7-15(16)20/h5-7,10-11H,8-9H2,1-4H3,(H,21,26)/p+1. The van der Waals surface area contributed by atoms with E-state index in [4.69, 9.17) is 0 Å². The number of rotatable bonds is 7. The molecule has 0 aliphatic heterocycles. The van der Waals surface area contributed by atoms with E-state index < -0.39 is 17.5 Å². The summed E-state index contributed by atoms with van der Waals surface area (Å²) in [4.78, 5) is 30.3. The third-order valence-corrected chi connectivity index (χ3v) is 4.47. The van der Waals surface area contributed by atoms with Gasteiger partial charge in [0.15, 0.2) is 11.7 Å². The molecule has 27 heavy (non-hydrogen) atoms. The summed E-state index contributed by atoms with van der Waals surface area (Å²) >= 11 is 1.18. The van der Waals surface area contributed by atoms with Crippen molar-refractivity contribution in [2.75, 3.05) is 18.5 Å². The van der Waals surface area contributed by atoms with Gasteiger partial charge in [-0.05, 0) is 26.0 Å². The third-order valence-electron chi connectivity index (χ3n) is 3.59. The van der Waals surface area contributed by atoms with Crippen LogP contribution in [0.4, 0.5) is 19.6 Å². The van der Waals surface area contributed by atoms with Gasteiger partial charge in [-0.3, -0.25) is 14.5 Å². The fourth-order valence-electron chi connectivity index (χ4n) is 2.57. The number of thiazole rings is 1. The molecular weight excluding hydrogens is 374 g/mol. The van der Waals surface area contributed by atoms with Crippen molar-refractivity contribution < 1.29 is 23.3 Å². The summed E-state index contributed by atoms with van der Waals surface area (Å²) < 4.78 is 27.3. The summed E-state index contributed by atoms with van der Waals surface area (Å²) in [5.41, 5.74) is 0.625. The maximum absolute atomic E-state index is 14.1. The van der Waals surface area contributed by atoms with Crippen molar-refractivity contribution in [1.82, 2.24) is 10.3 Å². The van der Waals surface area contributed by atoms with Crippen LogP contribution in [0.5, 0.6) is 0 Å². The van der Waals surface area contributed by atoms with E-state index >= 15 is 0 Å². The molecule has 2 rings (SSSR count). The van der Waals surface area contributed by atoms with E-state index in [1.807, 2.05) is 20.9 Å². The van der Waals surface area contributed by atoms with E-state index in [0.29, 0.717) is 17.4 Å². The average molecular weight is 397 g/mol. The summed E-state index contributed by atoms with van der Waals surface area (Å²) in [7, 11) is 1.86. The Kier molecular flexibility index (Phi) is 6.98. The van der Waals surface area contributed by atoms with Crippen molar-refractivity contribution in [3.05, 3.63) is 40.9 Å². The molecule has 0 fully saturated rings. The van der Waals surface area contributed by atoms with Gasteiger partial charge in [0.25, 0.3) is 5.91 Å². The molecule has 2 N–H and O–H groups in total. The van der Waals surface area contributed by atoms with E-state index in [0.717, 1.165) is 21.9 Å². The number of carbonyl (C=O) groups is 2. The lowest BCUT2D eigenvalue weighted by Gasteiger charge is -2.18. The van der Waals surface area contributed by atoms with E-state index in [1.54, 1.807) is 5.38 Å². The molecule has 1 atom stereocenters. The van der Waals surface area contributed by atoms with Crippen molar-refractivity contribution >= 4 is 34.0 Å². The van der Waals surface area contributed by atoms with Gasteiger partial charge in [-0.25, -0.2) is 13.8 Å². The van der Waals surface area contributed by atoms with Crippen molar-refractivity contribution in [1.29, 1.82) is 0 Å². The van der Waals surface area contributed by atoms with E-state index in [1.165, 1.54) is 24.3 Å². The molecule has 0 aliphatic rings. The van der Waals surface area contributed by atoms with Gasteiger partial charge >= 0.3 is 0 Å². The Morgan fingerprint density at radius 2 is 2.04 bits per heavy atom. The highest BCUT2D eigenvalue weighted by molar-refractivity contribution is 7.14. The van der Waals surface area contributed by atoms with Crippen LogP contribution in [0.1, 0.15) is 26.5 Å². The Hall–Kier alpha value is -2.39. The number of quaternary nitrogens is 1. The topological polar surface area (TPSA) is 66.7 Å². The van der Waals surface area contributed by atoms with Crippen LogP contribution >= 0.6 is 11.3 Å². The number of hydrogen-bond donors (Lipinski definition) is 2. The summed E-state index contributed by atoms with van der Waals surface area (Å²) in [5, 5.41) is 4.88. The SMILES string of the molecule is CC(=O)N(c1nc(C[NH+](C)CC(=O)NC(C)C)cs1)c1ccc(F)cc1F. The molecule has 0 spiro atoms. The molecule has 0 aliphatic carbocycles. The van der Waals surface area contributed by atoms with Gasteiger partial charge < -0.3 is 10.2 Å². The first-order valence-corrected chi connectivity index (χ1v) is 9.36. The zero-order valence-electron chi connectivity index (χ0n) is 15.7. The largest absolute Gasteiger partial charge is 0.349 e. The predicted molar refractivity (Wildman–Crippen MR) is 100 cm³/mol.